The molecule has 12 aromatic rings. The molecular weight excluding hydrogens is 1360 g/mol. The summed E-state index contributed by atoms with van der Waals surface area (Å²) in [6, 6.07) is 44.7. The number of pyridine rings is 4. The van der Waals surface area contributed by atoms with Gasteiger partial charge in [-0.15, -0.1) is 0 Å². The summed E-state index contributed by atoms with van der Waals surface area (Å²) in [5, 5.41) is 6.23. The summed E-state index contributed by atoms with van der Waals surface area (Å²) >= 11 is 6.03. The molecule has 0 bridgehead atoms. The molecule has 20 rings (SSSR count). The summed E-state index contributed by atoms with van der Waals surface area (Å²) in [5.74, 6) is 0.918. The van der Waals surface area contributed by atoms with E-state index in [2.05, 4.69) is 157 Å². The van der Waals surface area contributed by atoms with Crippen molar-refractivity contribution in [3.63, 3.8) is 0 Å². The number of aryl methyl sites for hydroxylation is 12. The van der Waals surface area contributed by atoms with Crippen molar-refractivity contribution < 1.29 is 17.9 Å². The largest absolute Gasteiger partial charge is 0.497 e. The van der Waals surface area contributed by atoms with Gasteiger partial charge in [-0.1, -0.05) is 78.3 Å². The Bertz CT molecular complexity index is 5190. The van der Waals surface area contributed by atoms with E-state index in [1.807, 2.05) is 36.9 Å². The number of nitrogens with zero attached hydrogens (tertiary/aromatic N) is 12. The molecule has 0 N–H and O–H groups in total. The van der Waals surface area contributed by atoms with E-state index in [-0.39, 0.29) is 0 Å². The number of aromatic nitrogens is 8. The van der Waals surface area contributed by atoms with Crippen molar-refractivity contribution in [3.8, 4) is 5.75 Å². The molecule has 0 radical (unpaired) electrons. The van der Waals surface area contributed by atoms with Crippen LogP contribution in [0, 0.1) is 27.7 Å². The van der Waals surface area contributed by atoms with E-state index >= 15 is 0 Å². The Kier molecular flexibility index (Phi) is 20.3. The van der Waals surface area contributed by atoms with Crippen LogP contribution in [0.4, 0.5) is 13.2 Å². The molecule has 16 heterocycles. The van der Waals surface area contributed by atoms with Gasteiger partial charge in [0.15, 0.2) is 0 Å². The molecule has 17 heteroatoms. The fourth-order valence-electron chi connectivity index (χ4n) is 19.7. The number of hydrogen-bond acceptors (Lipinski definition) is 9. The first-order chi connectivity index (χ1) is 52.2. The number of methoxy groups -OCH3 is 1. The molecule has 554 valence electrons. The third kappa shape index (κ3) is 14.2. The first-order valence-corrected chi connectivity index (χ1v) is 40.0. The van der Waals surface area contributed by atoms with Gasteiger partial charge in [0, 0.05) is 176 Å². The highest BCUT2D eigenvalue weighted by Gasteiger charge is 2.40. The van der Waals surface area contributed by atoms with Crippen molar-refractivity contribution in [2.24, 2.45) is 0 Å². The first-order valence-electron chi connectivity index (χ1n) is 39.6. The molecule has 4 unspecified atom stereocenters. The summed E-state index contributed by atoms with van der Waals surface area (Å²) < 4.78 is 53.6. The van der Waals surface area contributed by atoms with Crippen LogP contribution in [0.25, 0.3) is 44.1 Å². The van der Waals surface area contributed by atoms with Crippen LogP contribution >= 0.6 is 11.6 Å². The lowest BCUT2D eigenvalue weighted by Crippen LogP contribution is -2.31. The maximum atomic E-state index is 12.8. The molecule has 0 aliphatic carbocycles. The van der Waals surface area contributed by atoms with E-state index in [4.69, 9.17) is 36.3 Å². The Hall–Kier alpha value is -8.64. The summed E-state index contributed by atoms with van der Waals surface area (Å²) in [4.78, 5) is 30.0. The summed E-state index contributed by atoms with van der Waals surface area (Å²) in [7, 11) is 1.72. The van der Waals surface area contributed by atoms with E-state index in [1.165, 1.54) is 204 Å². The monoisotopic (exact) mass is 1460 g/mol. The SMILES string of the molecule is COc1ccc(CCn2c3c(c4cc(C)cnc42)C2CCCN2CC3)cc1.Cc1cnc2c(c1)c1c(n2CCc2ccc(C(F)(F)F)cc2)CCN2CCCC12.Cc1cnc2c(c1)c1c(n2CCc2ccc(Cl)cc2)CCN2CCCC12.Cc1cnc2c(c1)c1c(n2CCc2ccccc2)CCN2CCCC12. The lowest BCUT2D eigenvalue weighted by molar-refractivity contribution is -0.137. The summed E-state index contributed by atoms with van der Waals surface area (Å²) in [5.41, 5.74) is 26.0. The summed E-state index contributed by atoms with van der Waals surface area (Å²) in [6.07, 6.45) is 22.2. The number of alkyl halides is 3. The van der Waals surface area contributed by atoms with Crippen molar-refractivity contribution in [1.29, 1.82) is 0 Å². The fraction of sp³-hybridized carbons (Fsp3) is 0.422. The van der Waals surface area contributed by atoms with Gasteiger partial charge in [-0.3, -0.25) is 19.6 Å². The van der Waals surface area contributed by atoms with E-state index in [0.717, 1.165) is 105 Å². The van der Waals surface area contributed by atoms with Gasteiger partial charge in [0.1, 0.15) is 28.3 Å². The van der Waals surface area contributed by atoms with Crippen LogP contribution in [-0.4, -0.2) is 117 Å². The van der Waals surface area contributed by atoms with Crippen LogP contribution < -0.4 is 4.74 Å². The molecule has 4 saturated heterocycles. The number of benzene rings is 4. The van der Waals surface area contributed by atoms with Gasteiger partial charge < -0.3 is 23.0 Å². The molecule has 0 amide bonds. The molecule has 13 nitrogen and oxygen atoms in total. The third-order valence-electron chi connectivity index (χ3n) is 24.8. The Balaban J connectivity index is 0.000000105. The second kappa shape index (κ2) is 30.4. The number of rotatable bonds is 13. The minimum Gasteiger partial charge on any atom is -0.497 e. The van der Waals surface area contributed by atoms with Gasteiger partial charge in [0.05, 0.1) is 12.7 Å². The zero-order chi connectivity index (χ0) is 73.0. The molecule has 4 atom stereocenters. The van der Waals surface area contributed by atoms with Crippen molar-refractivity contribution in [2.75, 3.05) is 59.5 Å². The Morgan fingerprint density at radius 2 is 0.673 bits per heavy atom. The molecule has 4 aromatic carbocycles. The van der Waals surface area contributed by atoms with Gasteiger partial charge >= 0.3 is 6.18 Å². The van der Waals surface area contributed by atoms with Crippen molar-refractivity contribution in [3.05, 3.63) is 252 Å². The number of hydrogen-bond donors (Lipinski definition) is 0. The van der Waals surface area contributed by atoms with Crippen molar-refractivity contribution in [1.82, 2.24) is 57.8 Å². The zero-order valence-electron chi connectivity index (χ0n) is 62.8. The summed E-state index contributed by atoms with van der Waals surface area (Å²) in [6.45, 7) is 21.9. The predicted molar refractivity (Wildman–Crippen MR) is 424 cm³/mol. The van der Waals surface area contributed by atoms with Crippen LogP contribution in [0.5, 0.6) is 5.75 Å². The Morgan fingerprint density at radius 1 is 0.383 bits per heavy atom. The smallest absolute Gasteiger partial charge is 0.416 e. The van der Waals surface area contributed by atoms with Gasteiger partial charge in [0.25, 0.3) is 0 Å². The lowest BCUT2D eigenvalue weighted by atomic mass is 9.96. The Labute approximate surface area is 632 Å². The Morgan fingerprint density at radius 3 is 0.972 bits per heavy atom. The van der Waals surface area contributed by atoms with E-state index in [9.17, 15) is 13.2 Å². The van der Waals surface area contributed by atoms with Crippen LogP contribution in [-0.2, 0) is 83.7 Å². The van der Waals surface area contributed by atoms with Crippen LogP contribution in [0.2, 0.25) is 5.02 Å². The average molecular weight is 1460 g/mol. The second-order valence-electron chi connectivity index (χ2n) is 31.5. The van der Waals surface area contributed by atoms with E-state index in [0.29, 0.717) is 30.6 Å². The molecule has 107 heavy (non-hydrogen) atoms. The highest BCUT2D eigenvalue weighted by Crippen LogP contribution is 2.48. The molecule has 8 aliphatic rings. The minimum absolute atomic E-state index is 0.483. The maximum absolute atomic E-state index is 12.8. The number of ether oxygens (including phenoxy) is 1. The van der Waals surface area contributed by atoms with Crippen LogP contribution in [0.1, 0.15) is 171 Å². The lowest BCUT2D eigenvalue weighted by Gasteiger charge is -2.31. The molecule has 4 fully saturated rings. The van der Waals surface area contributed by atoms with Crippen LogP contribution in [0.3, 0.4) is 0 Å². The highest BCUT2D eigenvalue weighted by atomic mass is 35.5. The molecule has 8 aromatic heterocycles. The molecule has 8 aliphatic heterocycles. The minimum atomic E-state index is -4.29. The van der Waals surface area contributed by atoms with Crippen molar-refractivity contribution in [2.45, 2.75) is 187 Å². The van der Waals surface area contributed by atoms with Gasteiger partial charge in [0.2, 0.25) is 0 Å². The first kappa shape index (κ1) is 71.3. The quantitative estimate of drug-likeness (QED) is 0.112. The predicted octanol–water partition coefficient (Wildman–Crippen LogP) is 18.8. The van der Waals surface area contributed by atoms with Crippen LogP contribution in [0.15, 0.2) is 152 Å². The zero-order valence-corrected chi connectivity index (χ0v) is 63.6. The van der Waals surface area contributed by atoms with E-state index < -0.39 is 11.7 Å². The number of halogens is 4. The normalized spacial score (nSPS) is 19.6. The molecular formula is C90H100ClF3N12O. The number of fused-ring (bicyclic) bond motifs is 20. The second-order valence-corrected chi connectivity index (χ2v) is 32.0. The average Bonchev–Trinajstić information content (AvgIpc) is 1.61. The van der Waals surface area contributed by atoms with Gasteiger partial charge in [-0.2, -0.15) is 13.2 Å². The van der Waals surface area contributed by atoms with Gasteiger partial charge in [-0.25, -0.2) is 19.9 Å². The highest BCUT2D eigenvalue weighted by molar-refractivity contribution is 6.30. The molecule has 0 saturated carbocycles. The fourth-order valence-corrected chi connectivity index (χ4v) is 19.9. The van der Waals surface area contributed by atoms with E-state index in [1.54, 1.807) is 41.6 Å². The van der Waals surface area contributed by atoms with Crippen molar-refractivity contribution >= 4 is 55.7 Å². The van der Waals surface area contributed by atoms with Gasteiger partial charge in [-0.05, 0) is 258 Å². The standard InChI is InChI=1S/C23H24F3N3.C23H27N3O.C22H24ClN3.C22H25N3/c1-15-13-18-21-19-3-2-10-28(19)11-9-20(21)29(22(18)27-14-15)12-8-16-4-6-17(7-5-16)23(24,25)26;1-16-14-19-22-20-4-3-11-25(20)12-10-21(22)26(23(19)24-15-16)13-9-17-5-7-18(27-2)8-6-17;1-15-13-18-21-19-3-2-10-25(19)11-9-20(21)26(22(18)24-14-15)12-8-16-4-6-17(23)7-5-16;1-16-14-18-21-19-8-5-11-24(19)12-10-20(21)25(22(18)23-15-16)13-9-17-6-3-2-4-7-17/h4-7,13-14,19H,2-3,8-12H2,1H3;5-8,14-15,20H,3-4,9-13H2,1-2H3;4-7,13-14,19H,2-3,8-12H2,1H3;2-4,6-7,14-15,19H,5,8-13H2,1H3. The maximum Gasteiger partial charge on any atom is 0.416 e. The third-order valence-corrected chi connectivity index (χ3v) is 25.0. The molecule has 0 spiro atoms. The topological polar surface area (TPSA) is 93.5 Å².